The number of halogens is 2. The van der Waals surface area contributed by atoms with Gasteiger partial charge < -0.3 is 4.74 Å². The Morgan fingerprint density at radius 1 is 1.08 bits per heavy atom. The van der Waals surface area contributed by atoms with Crippen LogP contribution >= 0.6 is 54.5 Å². The van der Waals surface area contributed by atoms with Gasteiger partial charge in [-0.3, -0.25) is 0 Å². The van der Waals surface area contributed by atoms with Gasteiger partial charge in [0.15, 0.2) is 0 Å². The second-order valence-corrected chi connectivity index (χ2v) is 11.4. The van der Waals surface area contributed by atoms with Crippen molar-refractivity contribution >= 4 is 70.6 Å². The standard InChI is InChI=1S/C18H24Br2O2S2/c1-4-5-6-7-8-9-10-18(2,3)22-17(21)13-11-12-14(23-13)16(20)24-15(12)19/h11H,4-10H2,1-3H3. The molecular formula is C18H24Br2O2S2. The highest BCUT2D eigenvalue weighted by molar-refractivity contribution is 9.12. The number of thiophene rings is 2. The monoisotopic (exact) mass is 494 g/mol. The van der Waals surface area contributed by atoms with Gasteiger partial charge in [-0.25, -0.2) is 4.79 Å². The summed E-state index contributed by atoms with van der Waals surface area (Å²) in [6, 6.07) is 1.93. The molecule has 0 aliphatic carbocycles. The molecule has 134 valence electrons. The Kier molecular flexibility index (Phi) is 7.78. The summed E-state index contributed by atoms with van der Waals surface area (Å²) in [4.78, 5) is 13.2. The van der Waals surface area contributed by atoms with Crippen molar-refractivity contribution in [2.45, 2.75) is 71.3 Å². The fourth-order valence-electron chi connectivity index (χ4n) is 2.65. The molecule has 0 fully saturated rings. The van der Waals surface area contributed by atoms with E-state index in [1.54, 1.807) is 11.3 Å². The van der Waals surface area contributed by atoms with Gasteiger partial charge in [0.1, 0.15) is 10.5 Å². The van der Waals surface area contributed by atoms with Gasteiger partial charge in [0, 0.05) is 5.39 Å². The molecule has 0 aliphatic rings. The molecule has 0 aliphatic heterocycles. The van der Waals surface area contributed by atoms with Crippen LogP contribution in [-0.4, -0.2) is 11.6 Å². The first-order chi connectivity index (χ1) is 11.3. The average Bonchev–Trinajstić information content (AvgIpc) is 3.05. The van der Waals surface area contributed by atoms with Crippen molar-refractivity contribution < 1.29 is 9.53 Å². The van der Waals surface area contributed by atoms with Crippen LogP contribution < -0.4 is 0 Å². The first-order valence-corrected chi connectivity index (χ1v) is 11.7. The van der Waals surface area contributed by atoms with E-state index in [9.17, 15) is 4.79 Å². The Balaban J connectivity index is 1.88. The van der Waals surface area contributed by atoms with Crippen molar-refractivity contribution in [3.63, 3.8) is 0 Å². The van der Waals surface area contributed by atoms with Crippen molar-refractivity contribution in [2.75, 3.05) is 0 Å². The van der Waals surface area contributed by atoms with Gasteiger partial charge in [-0.05, 0) is 64.6 Å². The Morgan fingerprint density at radius 3 is 2.42 bits per heavy atom. The minimum absolute atomic E-state index is 0.212. The maximum atomic E-state index is 12.5. The van der Waals surface area contributed by atoms with Gasteiger partial charge in [-0.1, -0.05) is 39.0 Å². The first-order valence-electron chi connectivity index (χ1n) is 8.44. The van der Waals surface area contributed by atoms with Gasteiger partial charge in [0.25, 0.3) is 0 Å². The molecule has 0 unspecified atom stereocenters. The second kappa shape index (κ2) is 9.15. The third-order valence-corrected chi connectivity index (χ3v) is 8.11. The Morgan fingerprint density at radius 2 is 1.75 bits per heavy atom. The number of carbonyl (C=O) groups is 1. The Hall–Kier alpha value is 0.0900. The molecule has 0 spiro atoms. The van der Waals surface area contributed by atoms with E-state index in [1.165, 1.54) is 43.4 Å². The van der Waals surface area contributed by atoms with E-state index < -0.39 is 5.60 Å². The lowest BCUT2D eigenvalue weighted by Gasteiger charge is -2.24. The van der Waals surface area contributed by atoms with Crippen LogP contribution in [0.3, 0.4) is 0 Å². The summed E-state index contributed by atoms with van der Waals surface area (Å²) in [7, 11) is 0. The van der Waals surface area contributed by atoms with Crippen LogP contribution in [0.25, 0.3) is 10.1 Å². The molecule has 6 heteroatoms. The molecule has 2 aromatic rings. The van der Waals surface area contributed by atoms with Crippen molar-refractivity contribution in [3.8, 4) is 0 Å². The molecular weight excluding hydrogens is 472 g/mol. The van der Waals surface area contributed by atoms with Crippen molar-refractivity contribution in [3.05, 3.63) is 18.5 Å². The molecule has 0 amide bonds. The number of rotatable bonds is 9. The summed E-state index contributed by atoms with van der Waals surface area (Å²) in [6.45, 7) is 6.25. The maximum Gasteiger partial charge on any atom is 0.348 e. The fraction of sp³-hybridized carbons (Fsp3) is 0.611. The van der Waals surface area contributed by atoms with E-state index in [1.807, 2.05) is 19.9 Å². The second-order valence-electron chi connectivity index (χ2n) is 6.67. The van der Waals surface area contributed by atoms with Crippen LogP contribution in [0.5, 0.6) is 0 Å². The predicted molar refractivity (Wildman–Crippen MR) is 113 cm³/mol. The molecule has 0 saturated heterocycles. The van der Waals surface area contributed by atoms with Crippen molar-refractivity contribution in [1.82, 2.24) is 0 Å². The van der Waals surface area contributed by atoms with Crippen LogP contribution in [0, 0.1) is 0 Å². The highest BCUT2D eigenvalue weighted by Crippen LogP contribution is 2.44. The third-order valence-electron chi connectivity index (χ3n) is 4.00. The number of fused-ring (bicyclic) bond motifs is 1. The number of esters is 1. The number of unbranched alkanes of at least 4 members (excludes halogenated alkanes) is 5. The van der Waals surface area contributed by atoms with E-state index in [0.717, 1.165) is 30.5 Å². The lowest BCUT2D eigenvalue weighted by molar-refractivity contribution is -0.00495. The fourth-order valence-corrected chi connectivity index (χ4v) is 6.99. The van der Waals surface area contributed by atoms with Gasteiger partial charge in [0.05, 0.1) is 12.3 Å². The van der Waals surface area contributed by atoms with Gasteiger partial charge >= 0.3 is 5.97 Å². The molecule has 0 bridgehead atoms. The topological polar surface area (TPSA) is 26.3 Å². The van der Waals surface area contributed by atoms with E-state index in [4.69, 9.17) is 4.74 Å². The Bertz CT molecular complexity index is 654. The van der Waals surface area contributed by atoms with Crippen LogP contribution in [0.2, 0.25) is 0 Å². The normalized spacial score (nSPS) is 12.0. The van der Waals surface area contributed by atoms with Crippen LogP contribution in [-0.2, 0) is 4.74 Å². The highest BCUT2D eigenvalue weighted by Gasteiger charge is 2.25. The molecule has 0 saturated carbocycles. The summed E-state index contributed by atoms with van der Waals surface area (Å²) in [5.74, 6) is -0.212. The van der Waals surface area contributed by atoms with E-state index in [2.05, 4.69) is 38.8 Å². The smallest absolute Gasteiger partial charge is 0.348 e. The van der Waals surface area contributed by atoms with Crippen molar-refractivity contribution in [1.29, 1.82) is 0 Å². The molecule has 0 aromatic carbocycles. The van der Waals surface area contributed by atoms with E-state index in [-0.39, 0.29) is 5.97 Å². The molecule has 2 nitrogen and oxygen atoms in total. The third kappa shape index (κ3) is 5.55. The van der Waals surface area contributed by atoms with Crippen LogP contribution in [0.4, 0.5) is 0 Å². The first kappa shape index (κ1) is 20.4. The maximum absolute atomic E-state index is 12.5. The van der Waals surface area contributed by atoms with E-state index in [0.29, 0.717) is 4.88 Å². The minimum Gasteiger partial charge on any atom is -0.455 e. The van der Waals surface area contributed by atoms with E-state index >= 15 is 0 Å². The lowest BCUT2D eigenvalue weighted by atomic mass is 9.99. The molecule has 0 N–H and O–H groups in total. The molecule has 2 aromatic heterocycles. The van der Waals surface area contributed by atoms with Crippen LogP contribution in [0.1, 0.15) is 75.4 Å². The Labute approximate surface area is 169 Å². The molecule has 24 heavy (non-hydrogen) atoms. The highest BCUT2D eigenvalue weighted by atomic mass is 79.9. The molecule has 0 radical (unpaired) electrons. The summed E-state index contributed by atoms with van der Waals surface area (Å²) in [5.41, 5.74) is -0.410. The predicted octanol–water partition coefficient (Wildman–Crippen LogP) is 8.17. The summed E-state index contributed by atoms with van der Waals surface area (Å²) in [6.07, 6.45) is 8.42. The molecule has 2 heterocycles. The summed E-state index contributed by atoms with van der Waals surface area (Å²) < 4.78 is 8.98. The summed E-state index contributed by atoms with van der Waals surface area (Å²) in [5, 5.41) is 1.08. The van der Waals surface area contributed by atoms with Gasteiger partial charge in [-0.2, -0.15) is 0 Å². The zero-order chi connectivity index (χ0) is 17.7. The van der Waals surface area contributed by atoms with Crippen LogP contribution in [0.15, 0.2) is 13.6 Å². The minimum atomic E-state index is -0.410. The number of hydrogen-bond acceptors (Lipinski definition) is 4. The number of hydrogen-bond donors (Lipinski definition) is 0. The lowest BCUT2D eigenvalue weighted by Crippen LogP contribution is -2.27. The zero-order valence-electron chi connectivity index (χ0n) is 14.4. The SMILES string of the molecule is CCCCCCCCC(C)(C)OC(=O)c1cc2c(Br)sc(Br)c2s1. The number of ether oxygens (including phenoxy) is 1. The van der Waals surface area contributed by atoms with Gasteiger partial charge in [-0.15, -0.1) is 22.7 Å². The number of carbonyl (C=O) groups excluding carboxylic acids is 1. The van der Waals surface area contributed by atoms with Crippen molar-refractivity contribution in [2.24, 2.45) is 0 Å². The van der Waals surface area contributed by atoms with Gasteiger partial charge in [0.2, 0.25) is 0 Å². The zero-order valence-corrected chi connectivity index (χ0v) is 19.2. The average molecular weight is 496 g/mol. The quantitative estimate of drug-likeness (QED) is 0.259. The largest absolute Gasteiger partial charge is 0.455 e. The molecule has 0 atom stereocenters. The molecule has 2 rings (SSSR count). The summed E-state index contributed by atoms with van der Waals surface area (Å²) >= 11 is 10.2.